The number of benzene rings is 2. The Morgan fingerprint density at radius 2 is 1.90 bits per heavy atom. The monoisotopic (exact) mass is 565 g/mol. The molecular formula is C29H33ClFN7O2. The third-order valence-corrected chi connectivity index (χ3v) is 7.69. The van der Waals surface area contributed by atoms with Gasteiger partial charge in [-0.25, -0.2) is 9.37 Å². The first kappa shape index (κ1) is 27.8. The number of ether oxygens (including phenoxy) is 1. The summed E-state index contributed by atoms with van der Waals surface area (Å²) in [5.74, 6) is 1.61. The highest BCUT2D eigenvalue weighted by Gasteiger charge is 2.27. The van der Waals surface area contributed by atoms with Crippen LogP contribution >= 0.6 is 12.4 Å². The van der Waals surface area contributed by atoms with Crippen molar-refractivity contribution in [3.8, 4) is 33.9 Å². The van der Waals surface area contributed by atoms with Crippen LogP contribution in [0.1, 0.15) is 32.1 Å². The first-order valence-electron chi connectivity index (χ1n) is 13.5. The molecule has 2 aliphatic rings. The number of rotatable bonds is 8. The standard InChI is InChI=1S/C29H32FN7O2.ClH/c30-22-2-1-3-25(13-22)39-24-7-5-23(6-8-24)31-14-19-10-11-37(18-19)29-32-17-27(35-36-29)26-9-4-20(12-28(26)38)21-15-33-34-16-21;/h1-4,9,12-13,15-17,19,23-24,31,38H,5-8,10-11,14,18H2,(H,33,34);1H. The lowest BCUT2D eigenvalue weighted by Crippen LogP contribution is -2.39. The summed E-state index contributed by atoms with van der Waals surface area (Å²) in [5.41, 5.74) is 2.89. The summed E-state index contributed by atoms with van der Waals surface area (Å²) in [6.45, 7) is 2.74. The van der Waals surface area contributed by atoms with Crippen molar-refractivity contribution in [1.82, 2.24) is 30.7 Å². The maximum atomic E-state index is 13.4. The van der Waals surface area contributed by atoms with E-state index in [2.05, 4.69) is 35.6 Å². The molecule has 6 rings (SSSR count). The van der Waals surface area contributed by atoms with Gasteiger partial charge in [-0.3, -0.25) is 5.10 Å². The number of nitrogens with zero attached hydrogens (tertiary/aromatic N) is 5. The lowest BCUT2D eigenvalue weighted by Gasteiger charge is -2.30. The molecule has 1 saturated carbocycles. The van der Waals surface area contributed by atoms with E-state index in [1.165, 1.54) is 12.1 Å². The number of nitrogens with one attached hydrogen (secondary N) is 2. The van der Waals surface area contributed by atoms with Crippen LogP contribution in [0.5, 0.6) is 11.5 Å². The number of aromatic amines is 1. The Morgan fingerprint density at radius 1 is 1.02 bits per heavy atom. The highest BCUT2D eigenvalue weighted by atomic mass is 35.5. The van der Waals surface area contributed by atoms with Crippen molar-refractivity contribution in [2.24, 2.45) is 5.92 Å². The second kappa shape index (κ2) is 12.6. The van der Waals surface area contributed by atoms with Gasteiger partial charge in [-0.15, -0.1) is 22.6 Å². The highest BCUT2D eigenvalue weighted by Crippen LogP contribution is 2.32. The Labute approximate surface area is 238 Å². The second-order valence-corrected chi connectivity index (χ2v) is 10.4. The molecule has 40 heavy (non-hydrogen) atoms. The van der Waals surface area contributed by atoms with E-state index >= 15 is 0 Å². The zero-order chi connectivity index (χ0) is 26.6. The molecule has 4 aromatic rings. The van der Waals surface area contributed by atoms with Crippen LogP contribution in [0.15, 0.2) is 61.1 Å². The minimum Gasteiger partial charge on any atom is -0.507 e. The van der Waals surface area contributed by atoms with Crippen LogP contribution in [0.3, 0.4) is 0 Å². The van der Waals surface area contributed by atoms with Gasteiger partial charge in [0.1, 0.15) is 23.0 Å². The van der Waals surface area contributed by atoms with Gasteiger partial charge < -0.3 is 20.1 Å². The highest BCUT2D eigenvalue weighted by molar-refractivity contribution is 5.85. The van der Waals surface area contributed by atoms with Gasteiger partial charge in [0.25, 0.3) is 0 Å². The minimum atomic E-state index is -0.263. The number of hydrogen-bond acceptors (Lipinski definition) is 8. The third kappa shape index (κ3) is 6.51. The summed E-state index contributed by atoms with van der Waals surface area (Å²) in [6, 6.07) is 12.3. The Balaban J connectivity index is 0.00000323. The first-order chi connectivity index (χ1) is 19.1. The maximum absolute atomic E-state index is 13.4. The Hall–Kier alpha value is -3.76. The maximum Gasteiger partial charge on any atom is 0.245 e. The average molecular weight is 566 g/mol. The molecule has 3 N–H and O–H groups in total. The largest absolute Gasteiger partial charge is 0.507 e. The molecule has 1 aliphatic heterocycles. The Morgan fingerprint density at radius 3 is 2.62 bits per heavy atom. The van der Waals surface area contributed by atoms with Crippen molar-refractivity contribution >= 4 is 18.4 Å². The first-order valence-corrected chi connectivity index (χ1v) is 13.5. The van der Waals surface area contributed by atoms with Crippen LogP contribution in [-0.4, -0.2) is 62.3 Å². The summed E-state index contributed by atoms with van der Waals surface area (Å²) in [7, 11) is 0. The van der Waals surface area contributed by atoms with Crippen molar-refractivity contribution in [1.29, 1.82) is 0 Å². The van der Waals surface area contributed by atoms with Gasteiger partial charge in [-0.05, 0) is 74.4 Å². The number of aromatic nitrogens is 5. The quantitative estimate of drug-likeness (QED) is 0.274. The number of hydrogen-bond donors (Lipinski definition) is 3. The van der Waals surface area contributed by atoms with Crippen molar-refractivity contribution in [3.63, 3.8) is 0 Å². The summed E-state index contributed by atoms with van der Waals surface area (Å²) in [5, 5.41) is 29.7. The van der Waals surface area contributed by atoms with Gasteiger partial charge in [0.2, 0.25) is 5.95 Å². The number of phenolic OH excluding ortho intramolecular Hbond substituents is 1. The second-order valence-electron chi connectivity index (χ2n) is 10.4. The van der Waals surface area contributed by atoms with Gasteiger partial charge >= 0.3 is 0 Å². The molecule has 0 spiro atoms. The number of halogens is 2. The fraction of sp³-hybridized carbons (Fsp3) is 0.379. The molecule has 11 heteroatoms. The number of anilines is 1. The molecule has 3 heterocycles. The predicted molar refractivity (Wildman–Crippen MR) is 153 cm³/mol. The van der Waals surface area contributed by atoms with Gasteiger partial charge in [0, 0.05) is 42.5 Å². The minimum absolute atomic E-state index is 0. The van der Waals surface area contributed by atoms with Gasteiger partial charge in [0.05, 0.1) is 18.5 Å². The summed E-state index contributed by atoms with van der Waals surface area (Å²) >= 11 is 0. The topological polar surface area (TPSA) is 112 Å². The van der Waals surface area contributed by atoms with Crippen molar-refractivity contribution in [2.45, 2.75) is 44.2 Å². The molecule has 0 bridgehead atoms. The number of aromatic hydroxyl groups is 1. The third-order valence-electron chi connectivity index (χ3n) is 7.69. The fourth-order valence-corrected chi connectivity index (χ4v) is 5.51. The van der Waals surface area contributed by atoms with Crippen LogP contribution in [0.25, 0.3) is 22.4 Å². The van der Waals surface area contributed by atoms with E-state index in [0.717, 1.165) is 62.9 Å². The molecule has 2 aromatic heterocycles. The molecular weight excluding hydrogens is 533 g/mol. The molecule has 1 unspecified atom stereocenters. The summed E-state index contributed by atoms with van der Waals surface area (Å²) in [6.07, 6.45) is 10.4. The molecule has 1 aliphatic carbocycles. The molecule has 2 fully saturated rings. The normalized spacial score (nSPS) is 20.7. The number of phenols is 1. The average Bonchev–Trinajstić information content (AvgIpc) is 3.66. The van der Waals surface area contributed by atoms with Crippen LogP contribution in [0.4, 0.5) is 10.3 Å². The molecule has 210 valence electrons. The number of H-pyrrole nitrogens is 1. The smallest absolute Gasteiger partial charge is 0.245 e. The van der Waals surface area contributed by atoms with Crippen LogP contribution in [0.2, 0.25) is 0 Å². The van der Waals surface area contributed by atoms with Gasteiger partial charge in [0.15, 0.2) is 0 Å². The van der Waals surface area contributed by atoms with Crippen LogP contribution < -0.4 is 15.0 Å². The van der Waals surface area contributed by atoms with Crippen molar-refractivity contribution in [2.75, 3.05) is 24.5 Å². The van der Waals surface area contributed by atoms with Crippen LogP contribution in [0, 0.1) is 11.7 Å². The summed E-state index contributed by atoms with van der Waals surface area (Å²) in [4.78, 5) is 6.73. The van der Waals surface area contributed by atoms with E-state index < -0.39 is 0 Å². The SMILES string of the molecule is Cl.Oc1cc(-c2cn[nH]c2)ccc1-c1cnc(N2CCC(CNC3CCC(Oc4cccc(F)c4)CC3)C2)nn1. The fourth-order valence-electron chi connectivity index (χ4n) is 5.51. The Bertz CT molecular complexity index is 1380. The van der Waals surface area contributed by atoms with Crippen molar-refractivity contribution in [3.05, 3.63) is 66.9 Å². The van der Waals surface area contributed by atoms with Crippen molar-refractivity contribution < 1.29 is 14.2 Å². The summed E-state index contributed by atoms with van der Waals surface area (Å²) < 4.78 is 19.4. The molecule has 2 aromatic carbocycles. The van der Waals surface area contributed by atoms with Gasteiger partial charge in [-0.2, -0.15) is 5.10 Å². The van der Waals surface area contributed by atoms with E-state index in [1.54, 1.807) is 30.7 Å². The molecule has 1 saturated heterocycles. The lowest BCUT2D eigenvalue weighted by atomic mass is 9.92. The zero-order valence-electron chi connectivity index (χ0n) is 22.0. The van der Waals surface area contributed by atoms with E-state index in [4.69, 9.17) is 4.74 Å². The molecule has 1 atom stereocenters. The Kier molecular flexibility index (Phi) is 8.76. The van der Waals surface area contributed by atoms with Gasteiger partial charge in [-0.1, -0.05) is 12.1 Å². The van der Waals surface area contributed by atoms with E-state index in [1.807, 2.05) is 18.2 Å². The molecule has 9 nitrogen and oxygen atoms in total. The molecule has 0 amide bonds. The predicted octanol–water partition coefficient (Wildman–Crippen LogP) is 5.00. The zero-order valence-corrected chi connectivity index (χ0v) is 22.9. The van der Waals surface area contributed by atoms with Crippen LogP contribution in [-0.2, 0) is 0 Å². The van der Waals surface area contributed by atoms with E-state index in [-0.39, 0.29) is 30.1 Å². The van der Waals surface area contributed by atoms with E-state index in [0.29, 0.717) is 34.9 Å². The lowest BCUT2D eigenvalue weighted by molar-refractivity contribution is 0.138. The molecule has 0 radical (unpaired) electrons. The van der Waals surface area contributed by atoms with E-state index in [9.17, 15) is 9.50 Å².